The van der Waals surface area contributed by atoms with E-state index in [0.717, 1.165) is 0 Å². The first-order chi connectivity index (χ1) is 13.0. The fourth-order valence-corrected chi connectivity index (χ4v) is 2.79. The second kappa shape index (κ2) is 9.43. The molecule has 152 valence electrons. The van der Waals surface area contributed by atoms with E-state index in [0.29, 0.717) is 22.2 Å². The van der Waals surface area contributed by atoms with Gasteiger partial charge in [-0.05, 0) is 60.8 Å². The summed E-state index contributed by atoms with van der Waals surface area (Å²) < 4.78 is 25.1. The van der Waals surface area contributed by atoms with Gasteiger partial charge >= 0.3 is 6.09 Å². The van der Waals surface area contributed by atoms with Gasteiger partial charge in [0.25, 0.3) is 0 Å². The molecule has 1 amide bonds. The Morgan fingerprint density at radius 2 is 2.11 bits per heavy atom. The third-order valence-corrected chi connectivity index (χ3v) is 4.58. The highest BCUT2D eigenvalue weighted by molar-refractivity contribution is 9.10. The summed E-state index contributed by atoms with van der Waals surface area (Å²) in [5, 5.41) is 2.97. The van der Waals surface area contributed by atoms with Crippen LogP contribution in [0.15, 0.2) is 34.8 Å². The van der Waals surface area contributed by atoms with Gasteiger partial charge in [0.2, 0.25) is 0 Å². The zero-order valence-corrected chi connectivity index (χ0v) is 18.1. The Morgan fingerprint density at radius 3 is 2.75 bits per heavy atom. The lowest BCUT2D eigenvalue weighted by Gasteiger charge is -2.24. The van der Waals surface area contributed by atoms with Crippen LogP contribution in [0.1, 0.15) is 26.3 Å². The summed E-state index contributed by atoms with van der Waals surface area (Å²) in [4.78, 5) is 16.1. The number of halogens is 3. The van der Waals surface area contributed by atoms with E-state index in [1.165, 1.54) is 12.1 Å². The summed E-state index contributed by atoms with van der Waals surface area (Å²) in [7, 11) is 0. The molecule has 1 atom stereocenters. The van der Waals surface area contributed by atoms with Crippen LogP contribution in [0.2, 0.25) is 5.15 Å². The van der Waals surface area contributed by atoms with Crippen molar-refractivity contribution in [2.45, 2.75) is 38.8 Å². The molecule has 6 nitrogen and oxygen atoms in total. The highest BCUT2D eigenvalue weighted by Gasteiger charge is 2.21. The van der Waals surface area contributed by atoms with E-state index in [9.17, 15) is 9.18 Å². The molecule has 0 aliphatic heterocycles. The highest BCUT2D eigenvalue weighted by atomic mass is 79.9. The normalized spacial score (nSPS) is 12.4. The topological polar surface area (TPSA) is 86.5 Å². The minimum absolute atomic E-state index is 0.0652. The van der Waals surface area contributed by atoms with Gasteiger partial charge in [0, 0.05) is 6.07 Å². The van der Waals surface area contributed by atoms with Crippen LogP contribution in [0.3, 0.4) is 0 Å². The monoisotopic (exact) mass is 473 g/mol. The molecule has 0 spiro atoms. The van der Waals surface area contributed by atoms with Gasteiger partial charge in [0.15, 0.2) is 11.6 Å². The van der Waals surface area contributed by atoms with Crippen LogP contribution in [-0.4, -0.2) is 29.3 Å². The Kier molecular flexibility index (Phi) is 7.48. The summed E-state index contributed by atoms with van der Waals surface area (Å²) in [6, 6.07) is 7.23. The Balaban J connectivity index is 2.13. The third kappa shape index (κ3) is 7.16. The number of amides is 1. The molecular weight excluding hydrogens is 453 g/mol. The molecule has 1 aromatic carbocycles. The lowest BCUT2D eigenvalue weighted by Crippen LogP contribution is -2.43. The molecule has 9 heteroatoms. The van der Waals surface area contributed by atoms with Crippen molar-refractivity contribution in [3.8, 4) is 5.75 Å². The number of nitrogens with one attached hydrogen (secondary N) is 1. The van der Waals surface area contributed by atoms with Crippen LogP contribution in [0.25, 0.3) is 0 Å². The molecular formula is C19H22BrClFN3O3. The zero-order chi connectivity index (χ0) is 20.9. The third-order valence-electron chi connectivity index (χ3n) is 3.46. The van der Waals surface area contributed by atoms with Gasteiger partial charge in [-0.25, -0.2) is 14.2 Å². The van der Waals surface area contributed by atoms with E-state index < -0.39 is 17.7 Å². The van der Waals surface area contributed by atoms with E-state index in [1.807, 2.05) is 0 Å². The van der Waals surface area contributed by atoms with Gasteiger partial charge in [-0.15, -0.1) is 0 Å². The molecule has 0 radical (unpaired) electrons. The summed E-state index contributed by atoms with van der Waals surface area (Å²) >= 11 is 9.16. The van der Waals surface area contributed by atoms with Crippen molar-refractivity contribution in [3.63, 3.8) is 0 Å². The lowest BCUT2D eigenvalue weighted by molar-refractivity contribution is 0.0488. The average molecular weight is 475 g/mol. The van der Waals surface area contributed by atoms with Crippen molar-refractivity contribution < 1.29 is 18.7 Å². The number of carbonyl (C=O) groups excluding carboxylic acids is 1. The quantitative estimate of drug-likeness (QED) is 0.591. The second-order valence-corrected chi connectivity index (χ2v) is 8.34. The number of aromatic nitrogens is 1. The van der Waals surface area contributed by atoms with Crippen LogP contribution < -0.4 is 15.8 Å². The Morgan fingerprint density at radius 1 is 1.39 bits per heavy atom. The van der Waals surface area contributed by atoms with E-state index in [2.05, 4.69) is 26.2 Å². The summed E-state index contributed by atoms with van der Waals surface area (Å²) in [6.07, 6.45) is -0.264. The predicted molar refractivity (Wildman–Crippen MR) is 110 cm³/mol. The fourth-order valence-electron chi connectivity index (χ4n) is 2.34. The number of anilines is 1. The first-order valence-corrected chi connectivity index (χ1v) is 9.69. The Bertz CT molecular complexity index is 846. The molecule has 0 fully saturated rings. The summed E-state index contributed by atoms with van der Waals surface area (Å²) in [5.74, 6) is 0.0750. The second-order valence-electron chi connectivity index (χ2n) is 7.13. The molecule has 0 aliphatic rings. The number of nitrogens with two attached hydrogens (primary N) is 1. The molecule has 0 bridgehead atoms. The number of hydrogen-bond donors (Lipinski definition) is 2. The van der Waals surface area contributed by atoms with Crippen LogP contribution in [0.5, 0.6) is 5.75 Å². The fraction of sp³-hybridized carbons (Fsp3) is 0.368. The standard InChI is InChI=1S/C19H22BrClFN3O3/c1-19(2,3)28-18(26)24-13(8-11-5-4-6-12(22)7-11)10-27-15-9-14(20)16(21)25-17(15)23/h4-7,9,13H,8,10H2,1-3H3,(H2,23,25)(H,24,26)/t13-/m0/s1. The molecule has 2 aromatic rings. The molecule has 0 saturated heterocycles. The minimum Gasteiger partial charge on any atom is -0.488 e. The van der Waals surface area contributed by atoms with Gasteiger partial charge < -0.3 is 20.5 Å². The SMILES string of the molecule is CC(C)(C)OC(=O)N[C@H](COc1cc(Br)c(Cl)nc1N)Cc1cccc(F)c1. The van der Waals surface area contributed by atoms with Crippen molar-refractivity contribution in [2.24, 2.45) is 0 Å². The molecule has 2 rings (SSSR count). The molecule has 28 heavy (non-hydrogen) atoms. The van der Waals surface area contributed by atoms with Crippen molar-refractivity contribution in [3.05, 3.63) is 51.3 Å². The number of carbonyl (C=O) groups is 1. The van der Waals surface area contributed by atoms with Gasteiger partial charge in [-0.3, -0.25) is 0 Å². The van der Waals surface area contributed by atoms with Gasteiger partial charge in [-0.2, -0.15) is 0 Å². The average Bonchev–Trinajstić information content (AvgIpc) is 2.55. The van der Waals surface area contributed by atoms with E-state index in [4.69, 9.17) is 26.8 Å². The van der Waals surface area contributed by atoms with Gasteiger partial charge in [0.1, 0.15) is 23.2 Å². The number of hydrogen-bond acceptors (Lipinski definition) is 5. The van der Waals surface area contributed by atoms with Crippen molar-refractivity contribution in [2.75, 3.05) is 12.3 Å². The number of ether oxygens (including phenoxy) is 2. The van der Waals surface area contributed by atoms with E-state index in [1.54, 1.807) is 39.0 Å². The predicted octanol–water partition coefficient (Wildman–Crippen LogP) is 4.73. The number of rotatable bonds is 6. The van der Waals surface area contributed by atoms with Gasteiger partial charge in [0.05, 0.1) is 10.5 Å². The molecule has 1 aromatic heterocycles. The molecule has 0 aliphatic carbocycles. The number of pyridine rings is 1. The lowest BCUT2D eigenvalue weighted by atomic mass is 10.1. The zero-order valence-electron chi connectivity index (χ0n) is 15.8. The van der Waals surface area contributed by atoms with Crippen LogP contribution in [0.4, 0.5) is 15.0 Å². The highest BCUT2D eigenvalue weighted by Crippen LogP contribution is 2.29. The first-order valence-electron chi connectivity index (χ1n) is 8.52. The first kappa shape index (κ1) is 22.2. The number of nitrogen functional groups attached to an aromatic ring is 1. The van der Waals surface area contributed by atoms with Crippen LogP contribution in [0, 0.1) is 5.82 Å². The van der Waals surface area contributed by atoms with E-state index >= 15 is 0 Å². The number of alkyl carbamates (subject to hydrolysis) is 1. The van der Waals surface area contributed by atoms with Crippen molar-refractivity contribution in [1.82, 2.24) is 10.3 Å². The maximum atomic E-state index is 13.5. The summed E-state index contributed by atoms with van der Waals surface area (Å²) in [6.45, 7) is 5.36. The molecule has 0 saturated carbocycles. The van der Waals surface area contributed by atoms with Crippen LogP contribution >= 0.6 is 27.5 Å². The maximum Gasteiger partial charge on any atom is 0.408 e. The Labute approximate surface area is 176 Å². The Hall–Kier alpha value is -2.06. The largest absolute Gasteiger partial charge is 0.488 e. The van der Waals surface area contributed by atoms with Crippen molar-refractivity contribution >= 4 is 39.4 Å². The maximum absolute atomic E-state index is 13.5. The van der Waals surface area contributed by atoms with Crippen molar-refractivity contribution in [1.29, 1.82) is 0 Å². The van der Waals surface area contributed by atoms with E-state index in [-0.39, 0.29) is 23.4 Å². The number of nitrogens with zero attached hydrogens (tertiary/aromatic N) is 1. The summed E-state index contributed by atoms with van der Waals surface area (Å²) in [5.41, 5.74) is 5.88. The molecule has 3 N–H and O–H groups in total. The van der Waals surface area contributed by atoms with Gasteiger partial charge in [-0.1, -0.05) is 23.7 Å². The molecule has 1 heterocycles. The minimum atomic E-state index is -0.649. The number of benzene rings is 1. The van der Waals surface area contributed by atoms with Crippen LogP contribution in [-0.2, 0) is 11.2 Å². The smallest absolute Gasteiger partial charge is 0.408 e. The molecule has 0 unspecified atom stereocenters.